The van der Waals surface area contributed by atoms with Crippen molar-refractivity contribution in [1.29, 1.82) is 0 Å². The molecule has 4 heteroatoms. The SMILES string of the molecule is [2H]c1c([2H])c([2H])c(-c2ccnc(-c3cc(-c4cccc5c4nc(-c4ccccc4O)n5-c4cc(-c5ccccc5)c(C([2H])([2H])[2H])cc4-c4ccc(C(C)(C)C)cc4)cc(C(C)(C)C)c3)c2)c([2H])c1[2H]. The maximum Gasteiger partial charge on any atom is 0.149 e. The molecule has 0 saturated carbocycles. The second-order valence-electron chi connectivity index (χ2n) is 17.5. The molecule has 0 aliphatic heterocycles. The van der Waals surface area contributed by atoms with Gasteiger partial charge in [0.1, 0.15) is 11.6 Å². The number of para-hydroxylation sites is 2. The average Bonchev–Trinajstić information content (AvgIpc) is 3.71. The van der Waals surface area contributed by atoms with E-state index in [1.807, 2.05) is 89.5 Å². The summed E-state index contributed by atoms with van der Waals surface area (Å²) in [5, 5.41) is 11.6. The fourth-order valence-electron chi connectivity index (χ4n) is 7.93. The molecule has 0 saturated heterocycles. The molecule has 0 bridgehead atoms. The molecule has 0 amide bonds. The molecule has 2 heterocycles. The van der Waals surface area contributed by atoms with Crippen LogP contribution in [0.15, 0.2) is 176 Å². The second kappa shape index (κ2) is 15.5. The molecule has 9 aromatic rings. The van der Waals surface area contributed by atoms with Crippen LogP contribution in [0.4, 0.5) is 0 Å². The van der Waals surface area contributed by atoms with Crippen LogP contribution in [0.5, 0.6) is 5.75 Å². The summed E-state index contributed by atoms with van der Waals surface area (Å²) in [6.07, 6.45) is 1.59. The molecule has 300 valence electrons. The number of pyridine rings is 1. The maximum atomic E-state index is 11.6. The smallest absolute Gasteiger partial charge is 0.149 e. The number of aryl methyl sites for hydroxylation is 1. The molecule has 0 unspecified atom stereocenters. The molecule has 7 aromatic carbocycles. The Bertz CT molecular complexity index is 3430. The molecular formula is C57H51N3O. The number of aromatic nitrogens is 3. The number of aromatic hydroxyl groups is 1. The molecule has 9 rings (SSSR count). The number of benzene rings is 7. The molecule has 2 aromatic heterocycles. The van der Waals surface area contributed by atoms with Crippen molar-refractivity contribution in [2.75, 3.05) is 0 Å². The van der Waals surface area contributed by atoms with E-state index in [4.69, 9.17) is 20.9 Å². The lowest BCUT2D eigenvalue weighted by atomic mass is 9.83. The van der Waals surface area contributed by atoms with Crippen molar-refractivity contribution in [3.8, 4) is 78.6 Å². The number of nitrogens with zero attached hydrogens (tertiary/aromatic N) is 3. The van der Waals surface area contributed by atoms with Crippen LogP contribution in [0.3, 0.4) is 0 Å². The van der Waals surface area contributed by atoms with Gasteiger partial charge in [-0.25, -0.2) is 4.98 Å². The van der Waals surface area contributed by atoms with E-state index in [1.54, 1.807) is 36.5 Å². The van der Waals surface area contributed by atoms with E-state index in [9.17, 15) is 5.11 Å². The number of hydrogen-bond donors (Lipinski definition) is 1. The van der Waals surface area contributed by atoms with E-state index in [-0.39, 0.29) is 39.8 Å². The van der Waals surface area contributed by atoms with Gasteiger partial charge in [-0.2, -0.15) is 0 Å². The number of hydrogen-bond acceptors (Lipinski definition) is 3. The molecule has 1 N–H and O–H groups in total. The number of rotatable bonds is 7. The van der Waals surface area contributed by atoms with E-state index < -0.39 is 25.0 Å². The predicted molar refractivity (Wildman–Crippen MR) is 255 cm³/mol. The van der Waals surface area contributed by atoms with Gasteiger partial charge in [-0.15, -0.1) is 0 Å². The first-order chi connectivity index (χ1) is 32.6. The van der Waals surface area contributed by atoms with E-state index in [0.717, 1.165) is 38.9 Å². The lowest BCUT2D eigenvalue weighted by Crippen LogP contribution is -2.11. The Balaban J connectivity index is 1.34. The molecule has 0 fully saturated rings. The molecular weight excluding hydrogens is 743 g/mol. The Labute approximate surface area is 371 Å². The molecule has 0 spiro atoms. The maximum absolute atomic E-state index is 11.6. The minimum atomic E-state index is -2.46. The third-order valence-electron chi connectivity index (χ3n) is 11.3. The van der Waals surface area contributed by atoms with Gasteiger partial charge in [0.2, 0.25) is 0 Å². The highest BCUT2D eigenvalue weighted by Crippen LogP contribution is 2.43. The summed E-state index contributed by atoms with van der Waals surface area (Å²) in [6.45, 7) is 10.4. The Morgan fingerprint density at radius 3 is 1.95 bits per heavy atom. The lowest BCUT2D eigenvalue weighted by molar-refractivity contribution is 0.477. The van der Waals surface area contributed by atoms with Gasteiger partial charge in [0, 0.05) is 27.0 Å². The van der Waals surface area contributed by atoms with Crippen molar-refractivity contribution in [3.05, 3.63) is 193 Å². The molecule has 61 heavy (non-hydrogen) atoms. The van der Waals surface area contributed by atoms with E-state index >= 15 is 0 Å². The largest absolute Gasteiger partial charge is 0.507 e. The van der Waals surface area contributed by atoms with Crippen LogP contribution >= 0.6 is 0 Å². The fraction of sp³-hybridized carbons (Fsp3) is 0.158. The van der Waals surface area contributed by atoms with Gasteiger partial charge in [0.15, 0.2) is 0 Å². The third-order valence-corrected chi connectivity index (χ3v) is 11.3. The molecule has 0 aliphatic rings. The minimum Gasteiger partial charge on any atom is -0.507 e. The molecule has 0 aliphatic carbocycles. The first kappa shape index (κ1) is 30.9. The van der Waals surface area contributed by atoms with Crippen molar-refractivity contribution in [2.24, 2.45) is 0 Å². The van der Waals surface area contributed by atoms with Crippen LogP contribution in [-0.2, 0) is 10.8 Å². The second-order valence-corrected chi connectivity index (χ2v) is 17.5. The van der Waals surface area contributed by atoms with Crippen molar-refractivity contribution < 1.29 is 16.1 Å². The average molecular weight is 802 g/mol. The Morgan fingerprint density at radius 1 is 0.541 bits per heavy atom. The first-order valence-electron chi connectivity index (χ1n) is 24.5. The molecule has 4 nitrogen and oxygen atoms in total. The van der Waals surface area contributed by atoms with Gasteiger partial charge in [0.25, 0.3) is 0 Å². The van der Waals surface area contributed by atoms with Crippen molar-refractivity contribution in [2.45, 2.75) is 59.2 Å². The monoisotopic (exact) mass is 801 g/mol. The van der Waals surface area contributed by atoms with E-state index in [1.165, 1.54) is 0 Å². The highest BCUT2D eigenvalue weighted by molar-refractivity contribution is 5.98. The van der Waals surface area contributed by atoms with Gasteiger partial charge in [-0.3, -0.25) is 9.55 Å². The highest BCUT2D eigenvalue weighted by Gasteiger charge is 2.25. The van der Waals surface area contributed by atoms with E-state index in [2.05, 4.69) is 65.8 Å². The van der Waals surface area contributed by atoms with Crippen molar-refractivity contribution in [3.63, 3.8) is 0 Å². The predicted octanol–water partition coefficient (Wildman–Crippen LogP) is 15.0. The standard InChI is InChI=1S/C57H51N3O/c1-37-31-49(40-25-27-44(28-26-40)56(2,3)4)52(36-48(37)39-19-12-9-13-20-39)60-51-23-16-22-46(54(51)59-55(60)47-21-14-15-24-53(47)61)42-32-43(34-45(33-42)57(5,6)7)50-35-41(29-30-58-50)38-17-10-8-11-18-38/h8-36,61H,1-7H3/i1D3,8D,10D,11D,17D,18D. The third kappa shape index (κ3) is 7.66. The summed E-state index contributed by atoms with van der Waals surface area (Å²) in [4.78, 5) is 10.2. The summed E-state index contributed by atoms with van der Waals surface area (Å²) < 4.78 is 70.7. The summed E-state index contributed by atoms with van der Waals surface area (Å²) in [7, 11) is 0. The fourth-order valence-corrected chi connectivity index (χ4v) is 7.93. The first-order valence-corrected chi connectivity index (χ1v) is 20.5. The van der Waals surface area contributed by atoms with Crippen LogP contribution < -0.4 is 0 Å². The van der Waals surface area contributed by atoms with E-state index in [0.29, 0.717) is 50.5 Å². The quantitative estimate of drug-likeness (QED) is 0.175. The topological polar surface area (TPSA) is 50.9 Å². The molecule has 0 radical (unpaired) electrons. The van der Waals surface area contributed by atoms with Crippen LogP contribution in [0.2, 0.25) is 0 Å². The van der Waals surface area contributed by atoms with Crippen LogP contribution in [-0.4, -0.2) is 19.6 Å². The zero-order valence-electron chi connectivity index (χ0n) is 43.1. The van der Waals surface area contributed by atoms with Gasteiger partial charge in [0.05, 0.1) is 34.8 Å². The lowest BCUT2D eigenvalue weighted by Gasteiger charge is -2.22. The number of phenolic OH excluding ortho intramolecular Hbond substituents is 1. The van der Waals surface area contributed by atoms with Gasteiger partial charge >= 0.3 is 0 Å². The Morgan fingerprint density at radius 2 is 1.23 bits per heavy atom. The van der Waals surface area contributed by atoms with Gasteiger partial charge in [-0.1, -0.05) is 157 Å². The normalized spacial score (nSPS) is 14.0. The number of phenols is 1. The Kier molecular flexibility index (Phi) is 7.87. The summed E-state index contributed by atoms with van der Waals surface area (Å²) in [5.41, 5.74) is 10.6. The van der Waals surface area contributed by atoms with Crippen LogP contribution in [0, 0.1) is 6.85 Å². The zero-order valence-corrected chi connectivity index (χ0v) is 35.1. The molecule has 0 atom stereocenters. The van der Waals surface area contributed by atoms with Crippen LogP contribution in [0.25, 0.3) is 83.9 Å². The van der Waals surface area contributed by atoms with Crippen molar-refractivity contribution >= 4 is 11.0 Å². The number of imidazole rings is 1. The minimum absolute atomic E-state index is 0.0242. The summed E-state index contributed by atoms with van der Waals surface area (Å²) in [6, 6.07) is 42.3. The Hall–Kier alpha value is -7.04. The van der Waals surface area contributed by atoms with Crippen LogP contribution in [0.1, 0.15) is 69.2 Å². The zero-order chi connectivity index (χ0) is 49.3. The highest BCUT2D eigenvalue weighted by atomic mass is 16.3. The van der Waals surface area contributed by atoms with Gasteiger partial charge < -0.3 is 5.11 Å². The summed E-state index contributed by atoms with van der Waals surface area (Å²) in [5.74, 6) is 0.472. The van der Waals surface area contributed by atoms with Crippen molar-refractivity contribution in [1.82, 2.24) is 14.5 Å². The number of fused-ring (bicyclic) bond motifs is 1. The summed E-state index contributed by atoms with van der Waals surface area (Å²) >= 11 is 0. The van der Waals surface area contributed by atoms with Gasteiger partial charge in [-0.05, 0) is 122 Å².